The summed E-state index contributed by atoms with van der Waals surface area (Å²) in [5.74, 6) is 1.78. The smallest absolute Gasteiger partial charge is 0.232 e. The van der Waals surface area contributed by atoms with Crippen LogP contribution in [0.15, 0.2) is 30.5 Å². The van der Waals surface area contributed by atoms with Crippen LogP contribution in [0.4, 0.5) is 23.5 Å². The van der Waals surface area contributed by atoms with Gasteiger partial charge in [0, 0.05) is 61.6 Å². The summed E-state index contributed by atoms with van der Waals surface area (Å²) in [4.78, 5) is 22.4. The van der Waals surface area contributed by atoms with Crippen LogP contribution in [0.5, 0.6) is 0 Å². The number of ether oxygens (including phenoxy) is 1. The second kappa shape index (κ2) is 11.3. The van der Waals surface area contributed by atoms with Gasteiger partial charge in [0.1, 0.15) is 0 Å². The van der Waals surface area contributed by atoms with Crippen LogP contribution in [0.2, 0.25) is 5.02 Å². The molecule has 1 fully saturated rings. The number of hydrogen-bond donors (Lipinski definition) is 3. The molecule has 3 heterocycles. The van der Waals surface area contributed by atoms with Gasteiger partial charge in [-0.3, -0.25) is 4.98 Å². The van der Waals surface area contributed by atoms with E-state index in [4.69, 9.17) is 16.3 Å². The van der Waals surface area contributed by atoms with E-state index in [1.54, 1.807) is 6.20 Å². The SMILES string of the molecule is CN(C)CCNc1nc(NCCNc2ccnc3cc(Cl)ccc23)nc(N2CCOCC2)n1. The lowest BCUT2D eigenvalue weighted by molar-refractivity contribution is 0.122. The Balaban J connectivity index is 1.40. The first-order valence-corrected chi connectivity index (χ1v) is 11.5. The molecule has 0 saturated carbocycles. The maximum absolute atomic E-state index is 6.09. The Morgan fingerprint density at radius 2 is 1.70 bits per heavy atom. The van der Waals surface area contributed by atoms with E-state index in [1.807, 2.05) is 38.4 Å². The number of nitrogens with zero attached hydrogens (tertiary/aromatic N) is 6. The molecular formula is C22H30ClN9O. The molecule has 11 heteroatoms. The van der Waals surface area contributed by atoms with Crippen LogP contribution in [0.3, 0.4) is 0 Å². The van der Waals surface area contributed by atoms with Crippen LogP contribution < -0.4 is 20.9 Å². The summed E-state index contributed by atoms with van der Waals surface area (Å²) in [6.07, 6.45) is 1.78. The van der Waals surface area contributed by atoms with Gasteiger partial charge in [-0.1, -0.05) is 11.6 Å². The van der Waals surface area contributed by atoms with Gasteiger partial charge in [0.2, 0.25) is 17.8 Å². The van der Waals surface area contributed by atoms with Gasteiger partial charge >= 0.3 is 0 Å². The third-order valence-corrected chi connectivity index (χ3v) is 5.42. The Morgan fingerprint density at radius 3 is 2.45 bits per heavy atom. The molecule has 1 aliphatic rings. The highest BCUT2D eigenvalue weighted by Crippen LogP contribution is 2.24. The molecule has 0 unspecified atom stereocenters. The van der Waals surface area contributed by atoms with E-state index in [0.717, 1.165) is 42.8 Å². The van der Waals surface area contributed by atoms with Crippen molar-refractivity contribution < 1.29 is 4.74 Å². The van der Waals surface area contributed by atoms with Gasteiger partial charge in [-0.25, -0.2) is 0 Å². The zero-order valence-corrected chi connectivity index (χ0v) is 19.8. The van der Waals surface area contributed by atoms with Crippen molar-refractivity contribution in [2.24, 2.45) is 0 Å². The molecule has 176 valence electrons. The molecule has 2 aromatic heterocycles. The molecule has 0 amide bonds. The third kappa shape index (κ3) is 6.53. The predicted molar refractivity (Wildman–Crippen MR) is 134 cm³/mol. The van der Waals surface area contributed by atoms with Crippen LogP contribution in [0, 0.1) is 0 Å². The van der Waals surface area contributed by atoms with Crippen LogP contribution in [0.25, 0.3) is 10.9 Å². The van der Waals surface area contributed by atoms with Gasteiger partial charge in [-0.05, 0) is 38.4 Å². The first-order chi connectivity index (χ1) is 16.1. The lowest BCUT2D eigenvalue weighted by Gasteiger charge is -2.27. The molecule has 3 aromatic rings. The molecule has 0 aliphatic carbocycles. The molecule has 4 rings (SSSR count). The first-order valence-electron chi connectivity index (χ1n) is 11.1. The van der Waals surface area contributed by atoms with Crippen LogP contribution >= 0.6 is 11.6 Å². The Hall–Kier alpha value is -2.95. The molecule has 0 atom stereocenters. The number of anilines is 4. The number of nitrogens with one attached hydrogen (secondary N) is 3. The summed E-state index contributed by atoms with van der Waals surface area (Å²) in [5.41, 5.74) is 1.87. The van der Waals surface area contributed by atoms with Gasteiger partial charge in [-0.2, -0.15) is 15.0 Å². The second-order valence-electron chi connectivity index (χ2n) is 7.99. The second-order valence-corrected chi connectivity index (χ2v) is 8.42. The monoisotopic (exact) mass is 471 g/mol. The number of hydrogen-bond acceptors (Lipinski definition) is 10. The number of aromatic nitrogens is 4. The largest absolute Gasteiger partial charge is 0.383 e. The highest BCUT2D eigenvalue weighted by Gasteiger charge is 2.16. The number of pyridine rings is 1. The zero-order valence-electron chi connectivity index (χ0n) is 19.0. The number of morpholine rings is 1. The fraction of sp³-hybridized carbons (Fsp3) is 0.455. The lowest BCUT2D eigenvalue weighted by atomic mass is 10.2. The number of benzene rings is 1. The molecule has 1 aliphatic heterocycles. The molecule has 10 nitrogen and oxygen atoms in total. The molecule has 33 heavy (non-hydrogen) atoms. The molecule has 1 saturated heterocycles. The van der Waals surface area contributed by atoms with Crippen molar-refractivity contribution in [3.8, 4) is 0 Å². The van der Waals surface area contributed by atoms with E-state index in [2.05, 4.69) is 45.7 Å². The fourth-order valence-electron chi connectivity index (χ4n) is 3.47. The topological polar surface area (TPSA) is 103 Å². The van der Waals surface area contributed by atoms with Crippen molar-refractivity contribution in [2.75, 3.05) is 87.4 Å². The van der Waals surface area contributed by atoms with Gasteiger partial charge in [0.05, 0.1) is 18.7 Å². The Kier molecular flexibility index (Phi) is 7.92. The number of halogens is 1. The minimum absolute atomic E-state index is 0.548. The summed E-state index contributed by atoms with van der Waals surface area (Å²) >= 11 is 6.09. The molecule has 0 spiro atoms. The predicted octanol–water partition coefficient (Wildman–Crippen LogP) is 2.41. The van der Waals surface area contributed by atoms with Crippen molar-refractivity contribution in [2.45, 2.75) is 0 Å². The van der Waals surface area contributed by atoms with Gasteiger partial charge in [-0.15, -0.1) is 0 Å². The average Bonchev–Trinajstić information content (AvgIpc) is 2.82. The minimum atomic E-state index is 0.548. The Labute approximate surface area is 198 Å². The minimum Gasteiger partial charge on any atom is -0.383 e. The highest BCUT2D eigenvalue weighted by atomic mass is 35.5. The molecule has 0 radical (unpaired) electrons. The maximum atomic E-state index is 6.09. The summed E-state index contributed by atoms with van der Waals surface area (Å²) in [6, 6.07) is 7.68. The summed E-state index contributed by atoms with van der Waals surface area (Å²) in [6.45, 7) is 5.84. The van der Waals surface area contributed by atoms with Crippen molar-refractivity contribution >= 4 is 46.0 Å². The van der Waals surface area contributed by atoms with Crippen molar-refractivity contribution in [3.05, 3.63) is 35.5 Å². The standard InChI is InChI=1S/C22H30ClN9O/c1-31(2)10-9-27-21-28-20(29-22(30-21)32-11-13-33-14-12-32)26-8-7-25-18-5-6-24-19-15-16(23)3-4-17(18)19/h3-6,15H,7-14H2,1-2H3,(H,24,25)(H2,26,27,28,29,30). The van der Waals surface area contributed by atoms with Gasteiger partial charge in [0.15, 0.2) is 0 Å². The lowest BCUT2D eigenvalue weighted by Crippen LogP contribution is -2.37. The Bertz CT molecular complexity index is 1060. The van der Waals surface area contributed by atoms with Crippen LogP contribution in [-0.2, 0) is 4.74 Å². The maximum Gasteiger partial charge on any atom is 0.232 e. The summed E-state index contributed by atoms with van der Waals surface area (Å²) < 4.78 is 5.46. The van der Waals surface area contributed by atoms with E-state index < -0.39 is 0 Å². The number of likely N-dealkylation sites (N-methyl/N-ethyl adjacent to an activating group) is 1. The van der Waals surface area contributed by atoms with E-state index in [-0.39, 0.29) is 0 Å². The van der Waals surface area contributed by atoms with Crippen LogP contribution in [-0.4, -0.2) is 91.4 Å². The van der Waals surface area contributed by atoms with Crippen molar-refractivity contribution in [3.63, 3.8) is 0 Å². The zero-order chi connectivity index (χ0) is 23.0. The van der Waals surface area contributed by atoms with Crippen LogP contribution in [0.1, 0.15) is 0 Å². The molecule has 0 bridgehead atoms. The quantitative estimate of drug-likeness (QED) is 0.382. The first kappa shape index (κ1) is 23.2. The van der Waals surface area contributed by atoms with Gasteiger partial charge < -0.3 is 30.5 Å². The Morgan fingerprint density at radius 1 is 0.970 bits per heavy atom. The van der Waals surface area contributed by atoms with Crippen molar-refractivity contribution in [1.82, 2.24) is 24.8 Å². The van der Waals surface area contributed by atoms with E-state index >= 15 is 0 Å². The number of fused-ring (bicyclic) bond motifs is 1. The van der Waals surface area contributed by atoms with E-state index in [1.165, 1.54) is 0 Å². The fourth-order valence-corrected chi connectivity index (χ4v) is 3.63. The average molecular weight is 472 g/mol. The molecule has 1 aromatic carbocycles. The highest BCUT2D eigenvalue weighted by molar-refractivity contribution is 6.31. The third-order valence-electron chi connectivity index (χ3n) is 5.19. The van der Waals surface area contributed by atoms with Crippen molar-refractivity contribution in [1.29, 1.82) is 0 Å². The van der Waals surface area contributed by atoms with E-state index in [0.29, 0.717) is 49.2 Å². The number of rotatable bonds is 10. The molecular weight excluding hydrogens is 442 g/mol. The van der Waals surface area contributed by atoms with E-state index in [9.17, 15) is 0 Å². The van der Waals surface area contributed by atoms with Gasteiger partial charge in [0.25, 0.3) is 0 Å². The summed E-state index contributed by atoms with van der Waals surface area (Å²) in [5, 5.41) is 11.8. The normalized spacial score (nSPS) is 14.0. The summed E-state index contributed by atoms with van der Waals surface area (Å²) in [7, 11) is 4.07. The molecule has 3 N–H and O–H groups in total.